The standard InChI is InChI=1S/C20H25F3N/c21-20(22,23)17-9-7-16(8-10-17)18-3-1-2-4-19(18)24-12-14-5-6-15(11-14)13-24/h1,7-10,14-15,18-19H,2-6,11-13H2/t14-,15+,18-,19+/m0/s1. The number of hydrogen-bond donors (Lipinski definition) is 0. The van der Waals surface area contributed by atoms with Crippen molar-refractivity contribution in [1.82, 2.24) is 4.90 Å². The lowest BCUT2D eigenvalue weighted by Crippen LogP contribution is -2.47. The monoisotopic (exact) mass is 336 g/mol. The Hall–Kier alpha value is -1.03. The van der Waals surface area contributed by atoms with Crippen molar-refractivity contribution >= 4 is 0 Å². The first-order valence-corrected chi connectivity index (χ1v) is 9.23. The summed E-state index contributed by atoms with van der Waals surface area (Å²) in [6.45, 7) is 2.39. The number of hydrogen-bond acceptors (Lipinski definition) is 1. The molecule has 1 aromatic rings. The first-order valence-electron chi connectivity index (χ1n) is 9.23. The fraction of sp³-hybridized carbons (Fsp3) is 0.650. The zero-order chi connectivity index (χ0) is 16.7. The van der Waals surface area contributed by atoms with Crippen LogP contribution in [-0.2, 0) is 6.18 Å². The summed E-state index contributed by atoms with van der Waals surface area (Å²) >= 11 is 0. The summed E-state index contributed by atoms with van der Waals surface area (Å²) in [6.07, 6.45) is 5.46. The second-order valence-electron chi connectivity index (χ2n) is 7.89. The van der Waals surface area contributed by atoms with Crippen molar-refractivity contribution in [2.45, 2.75) is 56.7 Å². The largest absolute Gasteiger partial charge is 0.416 e. The predicted octanol–water partition coefficient (Wildman–Crippen LogP) is 5.28. The van der Waals surface area contributed by atoms with Gasteiger partial charge in [-0.2, -0.15) is 13.2 Å². The lowest BCUT2D eigenvalue weighted by Gasteiger charge is -2.44. The summed E-state index contributed by atoms with van der Waals surface area (Å²) in [5.41, 5.74) is 0.528. The Kier molecular flexibility index (Phi) is 4.36. The molecule has 4 heteroatoms. The van der Waals surface area contributed by atoms with E-state index in [-0.39, 0.29) is 0 Å². The lowest BCUT2D eigenvalue weighted by molar-refractivity contribution is -0.137. The Morgan fingerprint density at radius 3 is 2.21 bits per heavy atom. The minimum absolute atomic E-state index is 0.346. The summed E-state index contributed by atoms with van der Waals surface area (Å²) in [5.74, 6) is 2.05. The molecule has 131 valence electrons. The predicted molar refractivity (Wildman–Crippen MR) is 88.5 cm³/mol. The molecule has 2 aliphatic carbocycles. The topological polar surface area (TPSA) is 3.24 Å². The van der Waals surface area contributed by atoms with Crippen molar-refractivity contribution < 1.29 is 13.2 Å². The summed E-state index contributed by atoms with van der Waals surface area (Å²) < 4.78 is 38.4. The van der Waals surface area contributed by atoms with Gasteiger partial charge in [0.25, 0.3) is 0 Å². The molecule has 0 N–H and O–H groups in total. The van der Waals surface area contributed by atoms with Gasteiger partial charge in [-0.05, 0) is 80.4 Å². The van der Waals surface area contributed by atoms with Crippen LogP contribution in [0.15, 0.2) is 24.3 Å². The van der Waals surface area contributed by atoms with Gasteiger partial charge in [0.2, 0.25) is 0 Å². The third kappa shape index (κ3) is 3.22. The highest BCUT2D eigenvalue weighted by Gasteiger charge is 2.39. The van der Waals surface area contributed by atoms with E-state index in [2.05, 4.69) is 11.3 Å². The highest BCUT2D eigenvalue weighted by Crippen LogP contribution is 2.42. The Morgan fingerprint density at radius 1 is 0.917 bits per heavy atom. The van der Waals surface area contributed by atoms with E-state index in [4.69, 9.17) is 0 Å². The molecule has 2 bridgehead atoms. The van der Waals surface area contributed by atoms with Crippen molar-refractivity contribution in [3.05, 3.63) is 41.8 Å². The van der Waals surface area contributed by atoms with Crippen LogP contribution >= 0.6 is 0 Å². The zero-order valence-electron chi connectivity index (χ0n) is 13.9. The quantitative estimate of drug-likeness (QED) is 0.710. The second kappa shape index (κ2) is 6.36. The van der Waals surface area contributed by atoms with Crippen LogP contribution in [0.2, 0.25) is 0 Å². The number of likely N-dealkylation sites (tertiary alicyclic amines) is 1. The van der Waals surface area contributed by atoms with Crippen molar-refractivity contribution in [3.8, 4) is 0 Å². The van der Waals surface area contributed by atoms with E-state index < -0.39 is 11.7 Å². The van der Waals surface area contributed by atoms with Gasteiger partial charge in [0.15, 0.2) is 0 Å². The number of benzene rings is 1. The number of piperidine rings is 1. The van der Waals surface area contributed by atoms with Crippen LogP contribution in [0.4, 0.5) is 13.2 Å². The van der Waals surface area contributed by atoms with Gasteiger partial charge in [-0.1, -0.05) is 12.1 Å². The van der Waals surface area contributed by atoms with E-state index in [1.54, 1.807) is 12.1 Å². The molecular formula is C20H25F3N. The van der Waals surface area contributed by atoms with E-state index in [9.17, 15) is 13.2 Å². The summed E-state index contributed by atoms with van der Waals surface area (Å²) in [5, 5.41) is 0. The summed E-state index contributed by atoms with van der Waals surface area (Å²) in [4.78, 5) is 2.67. The van der Waals surface area contributed by atoms with Crippen LogP contribution in [0, 0.1) is 18.3 Å². The second-order valence-corrected chi connectivity index (χ2v) is 7.89. The number of nitrogens with zero attached hydrogens (tertiary/aromatic N) is 1. The first-order chi connectivity index (χ1) is 11.5. The summed E-state index contributed by atoms with van der Waals surface area (Å²) in [7, 11) is 0. The minimum atomic E-state index is -4.25. The molecule has 3 fully saturated rings. The maximum Gasteiger partial charge on any atom is 0.416 e. The molecule has 0 aromatic heterocycles. The van der Waals surface area contributed by atoms with Crippen LogP contribution in [-0.4, -0.2) is 24.0 Å². The molecule has 24 heavy (non-hydrogen) atoms. The molecule has 2 saturated carbocycles. The van der Waals surface area contributed by atoms with Crippen LogP contribution in [0.1, 0.15) is 55.6 Å². The number of fused-ring (bicyclic) bond motifs is 2. The van der Waals surface area contributed by atoms with Crippen molar-refractivity contribution in [3.63, 3.8) is 0 Å². The SMILES string of the molecule is FC(F)(F)c1ccc([C@@H]2C[CH]CC[C@H]2N2C[C@@H]3CC[C@@H](C3)C2)cc1. The van der Waals surface area contributed by atoms with Crippen LogP contribution in [0.3, 0.4) is 0 Å². The van der Waals surface area contributed by atoms with Crippen molar-refractivity contribution in [1.29, 1.82) is 0 Å². The molecule has 0 unspecified atom stereocenters. The minimum Gasteiger partial charge on any atom is -0.299 e. The molecule has 4 atom stereocenters. The van der Waals surface area contributed by atoms with E-state index in [0.717, 1.165) is 36.7 Å². The average molecular weight is 336 g/mol. The molecule has 1 saturated heterocycles. The maximum atomic E-state index is 12.8. The van der Waals surface area contributed by atoms with Crippen molar-refractivity contribution in [2.75, 3.05) is 13.1 Å². The normalized spacial score (nSPS) is 34.5. The Balaban J connectivity index is 1.53. The molecular weight excluding hydrogens is 311 g/mol. The van der Waals surface area contributed by atoms with Crippen LogP contribution in [0.25, 0.3) is 0 Å². The van der Waals surface area contributed by atoms with E-state index >= 15 is 0 Å². The van der Waals surface area contributed by atoms with Gasteiger partial charge in [0.05, 0.1) is 5.56 Å². The number of rotatable bonds is 2. The fourth-order valence-electron chi connectivity index (χ4n) is 5.18. The highest BCUT2D eigenvalue weighted by molar-refractivity contribution is 5.29. The molecule has 1 radical (unpaired) electrons. The zero-order valence-corrected chi connectivity index (χ0v) is 13.9. The number of halogens is 3. The van der Waals surface area contributed by atoms with Gasteiger partial charge in [0.1, 0.15) is 0 Å². The van der Waals surface area contributed by atoms with E-state index in [1.165, 1.54) is 44.5 Å². The molecule has 3 aliphatic rings. The maximum absolute atomic E-state index is 12.8. The number of alkyl halides is 3. The Morgan fingerprint density at radius 2 is 1.58 bits per heavy atom. The van der Waals surface area contributed by atoms with E-state index in [1.807, 2.05) is 0 Å². The third-order valence-corrected chi connectivity index (χ3v) is 6.32. The third-order valence-electron chi connectivity index (χ3n) is 6.32. The Labute approximate surface area is 142 Å². The van der Waals surface area contributed by atoms with Gasteiger partial charge in [0, 0.05) is 19.1 Å². The van der Waals surface area contributed by atoms with Crippen LogP contribution in [0.5, 0.6) is 0 Å². The van der Waals surface area contributed by atoms with Crippen LogP contribution < -0.4 is 0 Å². The molecule has 0 spiro atoms. The van der Waals surface area contributed by atoms with Gasteiger partial charge < -0.3 is 0 Å². The summed E-state index contributed by atoms with van der Waals surface area (Å²) in [6, 6.07) is 6.41. The molecule has 0 amide bonds. The highest BCUT2D eigenvalue weighted by atomic mass is 19.4. The van der Waals surface area contributed by atoms with Gasteiger partial charge in [-0.3, -0.25) is 4.90 Å². The lowest BCUT2D eigenvalue weighted by atomic mass is 9.78. The van der Waals surface area contributed by atoms with Crippen molar-refractivity contribution in [2.24, 2.45) is 11.8 Å². The van der Waals surface area contributed by atoms with Gasteiger partial charge in [-0.25, -0.2) is 0 Å². The van der Waals surface area contributed by atoms with E-state index in [0.29, 0.717) is 12.0 Å². The fourth-order valence-corrected chi connectivity index (χ4v) is 5.18. The molecule has 1 aromatic carbocycles. The molecule has 1 aliphatic heterocycles. The first kappa shape index (κ1) is 16.4. The van der Waals surface area contributed by atoms with Gasteiger partial charge in [-0.15, -0.1) is 0 Å². The molecule has 1 heterocycles. The Bertz CT molecular complexity index is 553. The smallest absolute Gasteiger partial charge is 0.299 e. The van der Waals surface area contributed by atoms with Gasteiger partial charge >= 0.3 is 6.18 Å². The molecule has 1 nitrogen and oxygen atoms in total. The molecule has 4 rings (SSSR count). The average Bonchev–Trinajstić information content (AvgIpc) is 2.92.